The van der Waals surface area contributed by atoms with Gasteiger partial charge in [0.05, 0.1) is 30.9 Å². The second-order valence-electron chi connectivity index (χ2n) is 6.24. The zero-order valence-corrected chi connectivity index (χ0v) is 16.1. The molecule has 8 heteroatoms. The van der Waals surface area contributed by atoms with Crippen molar-refractivity contribution in [2.45, 2.75) is 11.8 Å². The molecule has 0 unspecified atom stereocenters. The highest BCUT2D eigenvalue weighted by molar-refractivity contribution is 7.92. The van der Waals surface area contributed by atoms with Crippen molar-refractivity contribution in [3.05, 3.63) is 53.6 Å². The minimum absolute atomic E-state index is 0.0737. The molecule has 1 heterocycles. The molecule has 0 spiro atoms. The second kappa shape index (κ2) is 7.98. The highest BCUT2D eigenvalue weighted by Crippen LogP contribution is 2.28. The molecule has 0 bridgehead atoms. The summed E-state index contributed by atoms with van der Waals surface area (Å²) in [5.41, 5.74) is 1.72. The SMILES string of the molecule is COc1ccc(C)cc1NS(=O)(=O)c1ccc(C(=O)N2CCOCC2)cc1. The smallest absolute Gasteiger partial charge is 0.262 e. The molecule has 2 aromatic carbocycles. The van der Waals surface area contributed by atoms with Crippen LogP contribution >= 0.6 is 0 Å². The van der Waals surface area contributed by atoms with Crippen LogP contribution in [0.4, 0.5) is 5.69 Å². The number of amides is 1. The third-order valence-electron chi connectivity index (χ3n) is 4.31. The van der Waals surface area contributed by atoms with E-state index in [2.05, 4.69) is 4.72 Å². The van der Waals surface area contributed by atoms with E-state index in [1.807, 2.05) is 13.0 Å². The van der Waals surface area contributed by atoms with Gasteiger partial charge in [-0.05, 0) is 48.9 Å². The van der Waals surface area contributed by atoms with E-state index in [0.717, 1.165) is 5.56 Å². The number of hydrogen-bond donors (Lipinski definition) is 1. The van der Waals surface area contributed by atoms with Crippen molar-refractivity contribution in [3.8, 4) is 5.75 Å². The van der Waals surface area contributed by atoms with Crippen LogP contribution in [-0.4, -0.2) is 52.6 Å². The van der Waals surface area contributed by atoms with Gasteiger partial charge in [0.25, 0.3) is 15.9 Å². The number of carbonyl (C=O) groups is 1. The molecule has 0 radical (unpaired) electrons. The van der Waals surface area contributed by atoms with Crippen molar-refractivity contribution in [1.82, 2.24) is 4.90 Å². The molecule has 27 heavy (non-hydrogen) atoms. The van der Waals surface area contributed by atoms with E-state index in [9.17, 15) is 13.2 Å². The number of aryl methyl sites for hydroxylation is 1. The predicted molar refractivity (Wildman–Crippen MR) is 102 cm³/mol. The molecule has 0 saturated carbocycles. The van der Waals surface area contributed by atoms with E-state index in [1.54, 1.807) is 17.0 Å². The number of morpholine rings is 1. The van der Waals surface area contributed by atoms with E-state index in [-0.39, 0.29) is 10.8 Å². The summed E-state index contributed by atoms with van der Waals surface area (Å²) in [5.74, 6) is 0.304. The molecule has 0 atom stereocenters. The van der Waals surface area contributed by atoms with Gasteiger partial charge in [0.1, 0.15) is 5.75 Å². The maximum absolute atomic E-state index is 12.7. The molecule has 1 saturated heterocycles. The lowest BCUT2D eigenvalue weighted by Gasteiger charge is -2.26. The van der Waals surface area contributed by atoms with Gasteiger partial charge in [-0.2, -0.15) is 0 Å². The molecule has 1 aliphatic rings. The average molecular weight is 390 g/mol. The Morgan fingerprint density at radius 3 is 2.41 bits per heavy atom. The minimum Gasteiger partial charge on any atom is -0.495 e. The normalized spacial score (nSPS) is 14.7. The fourth-order valence-corrected chi connectivity index (χ4v) is 3.89. The Bertz CT molecular complexity index is 920. The van der Waals surface area contributed by atoms with E-state index >= 15 is 0 Å². The predicted octanol–water partition coefficient (Wildman–Crippen LogP) is 2.28. The molecular weight excluding hydrogens is 368 g/mol. The fourth-order valence-electron chi connectivity index (χ4n) is 2.83. The van der Waals surface area contributed by atoms with Gasteiger partial charge in [-0.3, -0.25) is 9.52 Å². The topological polar surface area (TPSA) is 84.9 Å². The molecule has 1 aliphatic heterocycles. The van der Waals surface area contributed by atoms with Gasteiger partial charge >= 0.3 is 0 Å². The Morgan fingerprint density at radius 2 is 1.78 bits per heavy atom. The van der Waals surface area contributed by atoms with Gasteiger partial charge in [-0.15, -0.1) is 0 Å². The Balaban J connectivity index is 1.79. The summed E-state index contributed by atoms with van der Waals surface area (Å²) in [6.07, 6.45) is 0. The van der Waals surface area contributed by atoms with Crippen molar-refractivity contribution in [2.24, 2.45) is 0 Å². The van der Waals surface area contributed by atoms with Gasteiger partial charge in [0, 0.05) is 18.7 Å². The lowest BCUT2D eigenvalue weighted by molar-refractivity contribution is 0.0303. The zero-order chi connectivity index (χ0) is 19.4. The molecule has 7 nitrogen and oxygen atoms in total. The molecule has 1 N–H and O–H groups in total. The first-order valence-electron chi connectivity index (χ1n) is 8.55. The summed E-state index contributed by atoms with van der Waals surface area (Å²) in [4.78, 5) is 14.2. The lowest BCUT2D eigenvalue weighted by Crippen LogP contribution is -2.40. The van der Waals surface area contributed by atoms with Crippen LogP contribution in [-0.2, 0) is 14.8 Å². The van der Waals surface area contributed by atoms with E-state index < -0.39 is 10.0 Å². The Morgan fingerprint density at radius 1 is 1.11 bits per heavy atom. The molecule has 2 aromatic rings. The molecular formula is C19H22N2O5S. The third-order valence-corrected chi connectivity index (χ3v) is 5.69. The van der Waals surface area contributed by atoms with Crippen LogP contribution < -0.4 is 9.46 Å². The van der Waals surface area contributed by atoms with Crippen LogP contribution in [0.15, 0.2) is 47.4 Å². The first-order valence-corrected chi connectivity index (χ1v) is 10.0. The highest BCUT2D eigenvalue weighted by Gasteiger charge is 2.21. The summed E-state index contributed by atoms with van der Waals surface area (Å²) in [7, 11) is -2.32. The standard InChI is InChI=1S/C19H22N2O5S/c1-14-3-8-18(25-2)17(13-14)20-27(23,24)16-6-4-15(5-7-16)19(22)21-9-11-26-12-10-21/h3-8,13,20H,9-12H2,1-2H3. The zero-order valence-electron chi connectivity index (χ0n) is 15.3. The van der Waals surface area contributed by atoms with Crippen LogP contribution in [0, 0.1) is 6.92 Å². The van der Waals surface area contributed by atoms with Crippen molar-refractivity contribution < 1.29 is 22.7 Å². The number of benzene rings is 2. The summed E-state index contributed by atoms with van der Waals surface area (Å²) < 4.78 is 38.4. The third kappa shape index (κ3) is 4.40. The number of anilines is 1. The number of hydrogen-bond acceptors (Lipinski definition) is 5. The molecule has 3 rings (SSSR count). The fraction of sp³-hybridized carbons (Fsp3) is 0.316. The average Bonchev–Trinajstić information content (AvgIpc) is 2.68. The maximum Gasteiger partial charge on any atom is 0.262 e. The summed E-state index contributed by atoms with van der Waals surface area (Å²) in [6, 6.07) is 11.2. The first kappa shape index (κ1) is 19.2. The van der Waals surface area contributed by atoms with Gasteiger partial charge in [-0.1, -0.05) is 6.07 Å². The Labute approximate surface area is 158 Å². The van der Waals surface area contributed by atoms with Crippen LogP contribution in [0.2, 0.25) is 0 Å². The van der Waals surface area contributed by atoms with Crippen LogP contribution in [0.3, 0.4) is 0 Å². The summed E-state index contributed by atoms with van der Waals surface area (Å²) in [6.45, 7) is 3.96. The number of nitrogens with one attached hydrogen (secondary N) is 1. The number of methoxy groups -OCH3 is 1. The van der Waals surface area contributed by atoms with Crippen molar-refractivity contribution in [1.29, 1.82) is 0 Å². The Kier molecular flexibility index (Phi) is 5.67. The van der Waals surface area contributed by atoms with Gasteiger partial charge in [0.15, 0.2) is 0 Å². The van der Waals surface area contributed by atoms with Gasteiger partial charge in [0.2, 0.25) is 0 Å². The summed E-state index contributed by atoms with van der Waals surface area (Å²) in [5, 5.41) is 0. The van der Waals surface area contributed by atoms with Crippen molar-refractivity contribution >= 4 is 21.6 Å². The maximum atomic E-state index is 12.7. The quantitative estimate of drug-likeness (QED) is 0.847. The molecule has 1 amide bonds. The lowest BCUT2D eigenvalue weighted by atomic mass is 10.2. The van der Waals surface area contributed by atoms with E-state index in [4.69, 9.17) is 9.47 Å². The van der Waals surface area contributed by atoms with Gasteiger partial charge in [-0.25, -0.2) is 8.42 Å². The number of ether oxygens (including phenoxy) is 2. The number of rotatable bonds is 5. The van der Waals surface area contributed by atoms with Crippen molar-refractivity contribution in [3.63, 3.8) is 0 Å². The molecule has 144 valence electrons. The minimum atomic E-state index is -3.80. The van der Waals surface area contributed by atoms with Crippen LogP contribution in [0.1, 0.15) is 15.9 Å². The molecule has 0 aliphatic carbocycles. The molecule has 1 fully saturated rings. The van der Waals surface area contributed by atoms with Crippen LogP contribution in [0.5, 0.6) is 5.75 Å². The Hall–Kier alpha value is -2.58. The number of sulfonamides is 1. The number of nitrogens with zero attached hydrogens (tertiary/aromatic N) is 1. The van der Waals surface area contributed by atoms with Gasteiger partial charge < -0.3 is 14.4 Å². The monoisotopic (exact) mass is 390 g/mol. The number of carbonyl (C=O) groups excluding carboxylic acids is 1. The largest absolute Gasteiger partial charge is 0.495 e. The first-order chi connectivity index (χ1) is 12.9. The van der Waals surface area contributed by atoms with E-state index in [1.165, 1.54) is 31.4 Å². The molecule has 0 aromatic heterocycles. The van der Waals surface area contributed by atoms with Crippen LogP contribution in [0.25, 0.3) is 0 Å². The van der Waals surface area contributed by atoms with E-state index in [0.29, 0.717) is 43.3 Å². The summed E-state index contributed by atoms with van der Waals surface area (Å²) >= 11 is 0. The second-order valence-corrected chi connectivity index (χ2v) is 7.92. The van der Waals surface area contributed by atoms with Crippen molar-refractivity contribution in [2.75, 3.05) is 38.1 Å². The highest BCUT2D eigenvalue weighted by atomic mass is 32.2.